The lowest BCUT2D eigenvalue weighted by atomic mass is 10.0. The number of aryl methyl sites for hydroxylation is 2. The summed E-state index contributed by atoms with van der Waals surface area (Å²) in [5.74, 6) is -0.375. The van der Waals surface area contributed by atoms with Crippen molar-refractivity contribution < 1.29 is 13.2 Å². The minimum Gasteiger partial charge on any atom is -0.298 e. The van der Waals surface area contributed by atoms with Gasteiger partial charge in [-0.1, -0.05) is 24.4 Å². The number of sulfonamides is 1. The molecule has 2 heterocycles. The van der Waals surface area contributed by atoms with Crippen LogP contribution in [0.4, 0.5) is 5.13 Å². The Morgan fingerprint density at radius 2 is 1.79 bits per heavy atom. The van der Waals surface area contributed by atoms with E-state index < -0.39 is 10.0 Å². The normalized spacial score (nSPS) is 18.1. The molecule has 1 aliphatic carbocycles. The molecule has 0 bridgehead atoms. The second-order valence-electron chi connectivity index (χ2n) is 7.51. The van der Waals surface area contributed by atoms with E-state index in [1.165, 1.54) is 32.7 Å². The molecular formula is C20H24ClN3O3S2. The number of halogens is 1. The summed E-state index contributed by atoms with van der Waals surface area (Å²) in [6, 6.07) is 4.41. The van der Waals surface area contributed by atoms with E-state index in [9.17, 15) is 13.2 Å². The van der Waals surface area contributed by atoms with Crippen LogP contribution in [0.1, 0.15) is 59.5 Å². The molecule has 0 spiro atoms. The third-order valence-electron chi connectivity index (χ3n) is 5.44. The van der Waals surface area contributed by atoms with Crippen molar-refractivity contribution in [3.63, 3.8) is 0 Å². The lowest BCUT2D eigenvalue weighted by Gasteiger charge is -2.21. The van der Waals surface area contributed by atoms with E-state index in [-0.39, 0.29) is 21.4 Å². The van der Waals surface area contributed by atoms with E-state index in [4.69, 9.17) is 11.6 Å². The highest BCUT2D eigenvalue weighted by molar-refractivity contribution is 7.89. The van der Waals surface area contributed by atoms with Crippen molar-refractivity contribution in [2.75, 3.05) is 18.4 Å². The third-order valence-corrected chi connectivity index (χ3v) is 8.90. The third kappa shape index (κ3) is 4.50. The maximum Gasteiger partial charge on any atom is 0.257 e. The Morgan fingerprint density at radius 3 is 2.52 bits per heavy atom. The summed E-state index contributed by atoms with van der Waals surface area (Å²) in [5, 5.41) is 3.52. The largest absolute Gasteiger partial charge is 0.298 e. The number of benzene rings is 1. The smallest absolute Gasteiger partial charge is 0.257 e. The minimum atomic E-state index is -3.74. The van der Waals surface area contributed by atoms with Crippen molar-refractivity contribution in [1.82, 2.24) is 9.29 Å². The number of carbonyl (C=O) groups is 1. The van der Waals surface area contributed by atoms with Gasteiger partial charge < -0.3 is 0 Å². The van der Waals surface area contributed by atoms with Gasteiger partial charge in [0.15, 0.2) is 5.13 Å². The van der Waals surface area contributed by atoms with Crippen molar-refractivity contribution >= 4 is 44.0 Å². The average molecular weight is 454 g/mol. The Hall–Kier alpha value is -1.48. The maximum absolute atomic E-state index is 13.1. The molecule has 9 heteroatoms. The molecular weight excluding hydrogens is 430 g/mol. The number of aromatic nitrogens is 1. The predicted molar refractivity (Wildman–Crippen MR) is 115 cm³/mol. The van der Waals surface area contributed by atoms with Gasteiger partial charge in [-0.15, -0.1) is 11.3 Å². The lowest BCUT2D eigenvalue weighted by Crippen LogP contribution is -2.32. The zero-order chi connectivity index (χ0) is 20.4. The molecule has 4 rings (SSSR count). The van der Waals surface area contributed by atoms with E-state index in [1.54, 1.807) is 6.07 Å². The van der Waals surface area contributed by atoms with E-state index in [0.717, 1.165) is 57.1 Å². The van der Waals surface area contributed by atoms with Gasteiger partial charge in [0.2, 0.25) is 10.0 Å². The highest BCUT2D eigenvalue weighted by atomic mass is 35.5. The first kappa shape index (κ1) is 20.8. The van der Waals surface area contributed by atoms with Crippen molar-refractivity contribution in [3.8, 4) is 0 Å². The quantitative estimate of drug-likeness (QED) is 0.739. The number of thiazole rings is 1. The molecule has 1 aromatic carbocycles. The Kier molecular flexibility index (Phi) is 6.24. The Labute approximate surface area is 180 Å². The predicted octanol–water partition coefficient (Wildman–Crippen LogP) is 4.49. The molecule has 1 aliphatic heterocycles. The summed E-state index contributed by atoms with van der Waals surface area (Å²) in [6.45, 7) is 0.972. The van der Waals surface area contributed by atoms with E-state index in [2.05, 4.69) is 10.3 Å². The summed E-state index contributed by atoms with van der Waals surface area (Å²) in [7, 11) is -3.74. The van der Waals surface area contributed by atoms with Crippen LogP contribution in [-0.2, 0) is 22.9 Å². The summed E-state index contributed by atoms with van der Waals surface area (Å²) in [4.78, 5) is 18.5. The first-order valence-corrected chi connectivity index (χ1v) is 12.7. The summed E-state index contributed by atoms with van der Waals surface area (Å²) in [6.07, 6.45) is 7.96. The van der Waals surface area contributed by atoms with Crippen LogP contribution in [0, 0.1) is 0 Å². The molecule has 0 radical (unpaired) electrons. The number of fused-ring (bicyclic) bond motifs is 1. The maximum atomic E-state index is 13.1. The van der Waals surface area contributed by atoms with E-state index in [0.29, 0.717) is 18.2 Å². The van der Waals surface area contributed by atoms with Crippen LogP contribution >= 0.6 is 22.9 Å². The van der Waals surface area contributed by atoms with Crippen molar-refractivity contribution in [2.45, 2.75) is 56.3 Å². The van der Waals surface area contributed by atoms with Crippen LogP contribution < -0.4 is 5.32 Å². The molecule has 0 saturated carbocycles. The molecule has 1 fully saturated rings. The molecule has 1 saturated heterocycles. The number of rotatable bonds is 4. The second-order valence-corrected chi connectivity index (χ2v) is 10.9. The van der Waals surface area contributed by atoms with Gasteiger partial charge in [0.1, 0.15) is 4.90 Å². The molecule has 1 N–H and O–H groups in total. The van der Waals surface area contributed by atoms with Crippen LogP contribution in [0.5, 0.6) is 0 Å². The molecule has 6 nitrogen and oxygen atoms in total. The standard InChI is InChI=1S/C20H24ClN3O3S2/c21-15-10-9-14(13-18(15)29(26,27)24-11-5-1-2-6-12-24)19(25)23-20-22-16-7-3-4-8-17(16)28-20/h9-10,13H,1-8,11-12H2,(H,22,23,25). The van der Waals surface area contributed by atoms with Gasteiger partial charge in [-0.05, 0) is 56.7 Å². The molecule has 2 aromatic rings. The van der Waals surface area contributed by atoms with Crippen LogP contribution in [-0.4, -0.2) is 36.7 Å². The molecule has 0 atom stereocenters. The zero-order valence-electron chi connectivity index (χ0n) is 16.1. The van der Waals surface area contributed by atoms with Crippen molar-refractivity contribution in [2.24, 2.45) is 0 Å². The zero-order valence-corrected chi connectivity index (χ0v) is 18.5. The first-order valence-electron chi connectivity index (χ1n) is 10.0. The van der Waals surface area contributed by atoms with Gasteiger partial charge in [-0.2, -0.15) is 4.31 Å². The van der Waals surface area contributed by atoms with Crippen LogP contribution in [0.15, 0.2) is 23.1 Å². The molecule has 1 aromatic heterocycles. The van der Waals surface area contributed by atoms with Gasteiger partial charge >= 0.3 is 0 Å². The highest BCUT2D eigenvalue weighted by Gasteiger charge is 2.28. The van der Waals surface area contributed by atoms with Crippen molar-refractivity contribution in [1.29, 1.82) is 0 Å². The Bertz CT molecular complexity index is 988. The van der Waals surface area contributed by atoms with E-state index in [1.807, 2.05) is 0 Å². The van der Waals surface area contributed by atoms with Gasteiger partial charge in [0.05, 0.1) is 10.7 Å². The van der Waals surface area contributed by atoms with Gasteiger partial charge in [-0.3, -0.25) is 10.1 Å². The summed E-state index contributed by atoms with van der Waals surface area (Å²) in [5.41, 5.74) is 1.33. The van der Waals surface area contributed by atoms with Gasteiger partial charge in [0.25, 0.3) is 5.91 Å². The number of nitrogens with zero attached hydrogens (tertiary/aromatic N) is 2. The summed E-state index contributed by atoms with van der Waals surface area (Å²) >= 11 is 7.73. The highest BCUT2D eigenvalue weighted by Crippen LogP contribution is 2.31. The number of hydrogen-bond acceptors (Lipinski definition) is 5. The number of amides is 1. The fourth-order valence-electron chi connectivity index (χ4n) is 3.84. The Balaban J connectivity index is 1.57. The SMILES string of the molecule is O=C(Nc1nc2c(s1)CCCC2)c1ccc(Cl)c(S(=O)(=O)N2CCCCCC2)c1. The van der Waals surface area contributed by atoms with Crippen LogP contribution in [0.25, 0.3) is 0 Å². The fourth-order valence-corrected chi connectivity index (χ4v) is 6.90. The monoisotopic (exact) mass is 453 g/mol. The molecule has 29 heavy (non-hydrogen) atoms. The average Bonchev–Trinajstić information content (AvgIpc) is 2.90. The van der Waals surface area contributed by atoms with Gasteiger partial charge in [-0.25, -0.2) is 13.4 Å². The van der Waals surface area contributed by atoms with Crippen LogP contribution in [0.3, 0.4) is 0 Å². The first-order chi connectivity index (χ1) is 13.9. The van der Waals surface area contributed by atoms with Crippen molar-refractivity contribution in [3.05, 3.63) is 39.4 Å². The lowest BCUT2D eigenvalue weighted by molar-refractivity contribution is 0.102. The van der Waals surface area contributed by atoms with E-state index >= 15 is 0 Å². The van der Waals surface area contributed by atoms with Crippen LogP contribution in [0.2, 0.25) is 5.02 Å². The Morgan fingerprint density at radius 1 is 1.07 bits per heavy atom. The number of carbonyl (C=O) groups excluding carboxylic acids is 1. The fraction of sp³-hybridized carbons (Fsp3) is 0.500. The molecule has 156 valence electrons. The second kappa shape index (κ2) is 8.71. The molecule has 0 unspecified atom stereocenters. The number of anilines is 1. The topological polar surface area (TPSA) is 79.4 Å². The number of hydrogen-bond donors (Lipinski definition) is 1. The van der Waals surface area contributed by atoms with Gasteiger partial charge in [0, 0.05) is 23.5 Å². The summed E-state index contributed by atoms with van der Waals surface area (Å²) < 4.78 is 27.7. The molecule has 2 aliphatic rings. The number of nitrogens with one attached hydrogen (secondary N) is 1. The minimum absolute atomic E-state index is 0.00727. The molecule has 1 amide bonds.